The number of hydrogen-bond donors (Lipinski definition) is 0. The molecule has 0 saturated heterocycles. The number of aromatic nitrogens is 3. The third-order valence-corrected chi connectivity index (χ3v) is 5.96. The van der Waals surface area contributed by atoms with Crippen molar-refractivity contribution in [3.8, 4) is 17.0 Å². The van der Waals surface area contributed by atoms with Crippen LogP contribution in [-0.2, 0) is 5.75 Å². The molecule has 0 aliphatic heterocycles. The van der Waals surface area contributed by atoms with Crippen LogP contribution < -0.4 is 4.74 Å². The fourth-order valence-corrected chi connectivity index (χ4v) is 4.57. The van der Waals surface area contributed by atoms with E-state index in [2.05, 4.69) is 34.5 Å². The minimum absolute atomic E-state index is 0.807. The second-order valence-corrected chi connectivity index (χ2v) is 7.94. The highest BCUT2D eigenvalue weighted by atomic mass is 32.2. The lowest BCUT2D eigenvalue weighted by Crippen LogP contribution is -1.93. The van der Waals surface area contributed by atoms with Gasteiger partial charge in [-0.1, -0.05) is 54.2 Å². The molecule has 0 fully saturated rings. The van der Waals surface area contributed by atoms with Gasteiger partial charge in [-0.15, -0.1) is 21.5 Å². The van der Waals surface area contributed by atoms with Crippen molar-refractivity contribution in [3.63, 3.8) is 0 Å². The Balaban J connectivity index is 1.73. The Kier molecular flexibility index (Phi) is 4.86. The zero-order valence-corrected chi connectivity index (χ0v) is 16.1. The van der Waals surface area contributed by atoms with Crippen molar-refractivity contribution in [3.05, 3.63) is 65.2 Å². The van der Waals surface area contributed by atoms with Crippen LogP contribution in [0, 0.1) is 6.92 Å². The van der Waals surface area contributed by atoms with Crippen molar-refractivity contribution < 1.29 is 4.74 Å². The van der Waals surface area contributed by atoms with E-state index < -0.39 is 0 Å². The number of benzene rings is 2. The van der Waals surface area contributed by atoms with Gasteiger partial charge in [-0.2, -0.15) is 0 Å². The fraction of sp³-hybridized carbons (Fsp3) is 0.150. The highest BCUT2D eigenvalue weighted by Gasteiger charge is 2.16. The molecule has 0 amide bonds. The molecular weight excluding hydrogens is 362 g/mol. The summed E-state index contributed by atoms with van der Waals surface area (Å²) in [5.74, 6) is 1.65. The van der Waals surface area contributed by atoms with Gasteiger partial charge in [-0.25, -0.2) is 4.98 Å². The molecule has 4 aromatic rings. The SMILES string of the molecule is COc1cccc(-c2nnc(SCc3ccccc3)c3nc(C)sc23)c1. The number of aryl methyl sites for hydroxylation is 1. The van der Waals surface area contributed by atoms with Crippen molar-refractivity contribution >= 4 is 33.3 Å². The number of methoxy groups -OCH3 is 1. The first-order chi connectivity index (χ1) is 12.7. The van der Waals surface area contributed by atoms with E-state index in [4.69, 9.17) is 9.72 Å². The minimum Gasteiger partial charge on any atom is -0.497 e. The van der Waals surface area contributed by atoms with Gasteiger partial charge < -0.3 is 4.74 Å². The minimum atomic E-state index is 0.807. The van der Waals surface area contributed by atoms with Gasteiger partial charge in [0.1, 0.15) is 22.0 Å². The molecule has 2 heterocycles. The van der Waals surface area contributed by atoms with Gasteiger partial charge in [0.15, 0.2) is 0 Å². The van der Waals surface area contributed by atoms with Crippen molar-refractivity contribution in [1.29, 1.82) is 0 Å². The standard InChI is InChI=1S/C20H17N3OS2/c1-13-21-18-19(26-13)17(15-9-6-10-16(11-15)24-2)22-23-20(18)25-12-14-7-4-3-5-8-14/h3-11H,12H2,1-2H3. The van der Waals surface area contributed by atoms with Gasteiger partial charge in [-0.05, 0) is 24.6 Å². The lowest BCUT2D eigenvalue weighted by molar-refractivity contribution is 0.415. The maximum atomic E-state index is 5.34. The summed E-state index contributed by atoms with van der Waals surface area (Å²) in [7, 11) is 1.67. The van der Waals surface area contributed by atoms with Crippen LogP contribution >= 0.6 is 23.1 Å². The number of nitrogens with zero attached hydrogens (tertiary/aromatic N) is 3. The Morgan fingerprint density at radius 1 is 1.04 bits per heavy atom. The zero-order chi connectivity index (χ0) is 17.9. The number of rotatable bonds is 5. The normalized spacial score (nSPS) is 11.0. The molecule has 26 heavy (non-hydrogen) atoms. The molecular formula is C20H17N3OS2. The molecule has 0 saturated carbocycles. The first kappa shape index (κ1) is 17.0. The summed E-state index contributed by atoms with van der Waals surface area (Å²) in [6.07, 6.45) is 0. The Morgan fingerprint density at radius 2 is 1.88 bits per heavy atom. The summed E-state index contributed by atoms with van der Waals surface area (Å²) in [5.41, 5.74) is 4.04. The fourth-order valence-electron chi connectivity index (χ4n) is 2.70. The van der Waals surface area contributed by atoms with E-state index in [0.717, 1.165) is 43.0 Å². The molecule has 2 aromatic heterocycles. The molecule has 2 aromatic carbocycles. The van der Waals surface area contributed by atoms with Gasteiger partial charge in [0.05, 0.1) is 16.8 Å². The van der Waals surface area contributed by atoms with Crippen LogP contribution in [0.25, 0.3) is 21.5 Å². The van der Waals surface area contributed by atoms with Gasteiger partial charge in [0, 0.05) is 11.3 Å². The molecule has 0 N–H and O–H groups in total. The van der Waals surface area contributed by atoms with Crippen LogP contribution in [0.1, 0.15) is 10.6 Å². The van der Waals surface area contributed by atoms with Crippen molar-refractivity contribution in [2.24, 2.45) is 0 Å². The number of hydrogen-bond acceptors (Lipinski definition) is 6. The van der Waals surface area contributed by atoms with E-state index in [9.17, 15) is 0 Å². The van der Waals surface area contributed by atoms with Crippen LogP contribution in [-0.4, -0.2) is 22.3 Å². The summed E-state index contributed by atoms with van der Waals surface area (Å²) in [4.78, 5) is 4.72. The molecule has 0 bridgehead atoms. The maximum Gasteiger partial charge on any atom is 0.146 e. The van der Waals surface area contributed by atoms with E-state index in [1.807, 2.05) is 37.3 Å². The van der Waals surface area contributed by atoms with Crippen molar-refractivity contribution in [1.82, 2.24) is 15.2 Å². The molecule has 0 radical (unpaired) electrons. The lowest BCUT2D eigenvalue weighted by atomic mass is 10.1. The van der Waals surface area contributed by atoms with Crippen LogP contribution in [0.3, 0.4) is 0 Å². The molecule has 6 heteroatoms. The Labute approximate surface area is 160 Å². The molecule has 4 rings (SSSR count). The van der Waals surface area contributed by atoms with E-state index in [1.54, 1.807) is 30.2 Å². The van der Waals surface area contributed by atoms with E-state index in [1.165, 1.54) is 5.56 Å². The number of thioether (sulfide) groups is 1. The van der Waals surface area contributed by atoms with E-state index >= 15 is 0 Å². The largest absolute Gasteiger partial charge is 0.497 e. The highest BCUT2D eigenvalue weighted by Crippen LogP contribution is 2.36. The quantitative estimate of drug-likeness (QED) is 0.437. The van der Waals surface area contributed by atoms with Gasteiger partial charge in [0.2, 0.25) is 0 Å². The number of ether oxygens (including phenoxy) is 1. The van der Waals surface area contributed by atoms with Crippen molar-refractivity contribution in [2.75, 3.05) is 7.11 Å². The van der Waals surface area contributed by atoms with Crippen molar-refractivity contribution in [2.45, 2.75) is 17.7 Å². The molecule has 0 unspecified atom stereocenters. The Hall–Kier alpha value is -2.44. The Bertz CT molecular complexity index is 1050. The molecule has 4 nitrogen and oxygen atoms in total. The average Bonchev–Trinajstić information content (AvgIpc) is 3.08. The Morgan fingerprint density at radius 3 is 2.69 bits per heavy atom. The molecule has 130 valence electrons. The smallest absolute Gasteiger partial charge is 0.146 e. The third-order valence-electron chi connectivity index (χ3n) is 3.95. The first-order valence-corrected chi connectivity index (χ1v) is 10.00. The number of thiazole rings is 1. The second kappa shape index (κ2) is 7.43. The topological polar surface area (TPSA) is 47.9 Å². The maximum absolute atomic E-state index is 5.34. The molecule has 0 aliphatic carbocycles. The summed E-state index contributed by atoms with van der Waals surface area (Å²) < 4.78 is 6.41. The molecule has 0 aliphatic rings. The van der Waals surface area contributed by atoms with E-state index in [-0.39, 0.29) is 0 Å². The lowest BCUT2D eigenvalue weighted by Gasteiger charge is -2.06. The number of fused-ring (bicyclic) bond motifs is 1. The predicted molar refractivity (Wildman–Crippen MR) is 108 cm³/mol. The predicted octanol–water partition coefficient (Wildman–Crippen LogP) is 5.36. The van der Waals surface area contributed by atoms with Crippen LogP contribution in [0.4, 0.5) is 0 Å². The van der Waals surface area contributed by atoms with Crippen LogP contribution in [0.5, 0.6) is 5.75 Å². The average molecular weight is 380 g/mol. The summed E-state index contributed by atoms with van der Waals surface area (Å²) >= 11 is 3.33. The van der Waals surface area contributed by atoms with Gasteiger partial charge in [0.25, 0.3) is 0 Å². The van der Waals surface area contributed by atoms with Gasteiger partial charge >= 0.3 is 0 Å². The zero-order valence-electron chi connectivity index (χ0n) is 14.5. The summed E-state index contributed by atoms with van der Waals surface area (Å²) in [6.45, 7) is 2.02. The summed E-state index contributed by atoms with van der Waals surface area (Å²) in [5, 5.41) is 10.9. The monoisotopic (exact) mass is 379 g/mol. The third kappa shape index (κ3) is 3.43. The second-order valence-electron chi connectivity index (χ2n) is 5.77. The van der Waals surface area contributed by atoms with Gasteiger partial charge in [-0.3, -0.25) is 0 Å². The summed E-state index contributed by atoms with van der Waals surface area (Å²) in [6, 6.07) is 18.3. The highest BCUT2D eigenvalue weighted by molar-refractivity contribution is 7.98. The molecule has 0 spiro atoms. The van der Waals surface area contributed by atoms with E-state index in [0.29, 0.717) is 0 Å². The van der Waals surface area contributed by atoms with Crippen LogP contribution in [0.15, 0.2) is 59.6 Å². The van der Waals surface area contributed by atoms with Crippen LogP contribution in [0.2, 0.25) is 0 Å². The molecule has 0 atom stereocenters. The first-order valence-electron chi connectivity index (χ1n) is 8.19.